The summed E-state index contributed by atoms with van der Waals surface area (Å²) in [7, 11) is 0. The number of rotatable bonds is 8. The minimum absolute atomic E-state index is 0.586. The van der Waals surface area contributed by atoms with Gasteiger partial charge >= 0.3 is 0 Å². The molecule has 1 saturated heterocycles. The molecule has 0 saturated carbocycles. The van der Waals surface area contributed by atoms with Gasteiger partial charge in [-0.15, -0.1) is 0 Å². The van der Waals surface area contributed by atoms with Gasteiger partial charge in [0.2, 0.25) is 0 Å². The molecule has 0 bridgehead atoms. The number of imidazole rings is 1. The van der Waals surface area contributed by atoms with Crippen molar-refractivity contribution in [3.05, 3.63) is 49.1 Å². The number of aromatic nitrogens is 6. The first-order valence-electron chi connectivity index (χ1n) is 13.2. The summed E-state index contributed by atoms with van der Waals surface area (Å²) in [6, 6.07) is 8.21. The predicted molar refractivity (Wildman–Crippen MR) is 147 cm³/mol. The highest BCUT2D eigenvalue weighted by molar-refractivity contribution is 5.97. The predicted octanol–water partition coefficient (Wildman–Crippen LogP) is 5.47. The summed E-state index contributed by atoms with van der Waals surface area (Å²) in [6.45, 7) is 4.19. The first-order chi connectivity index (χ1) is 18.2. The van der Waals surface area contributed by atoms with Crippen molar-refractivity contribution in [2.24, 2.45) is 0 Å². The van der Waals surface area contributed by atoms with Crippen LogP contribution in [0, 0.1) is 0 Å². The Morgan fingerprint density at radius 3 is 2.73 bits per heavy atom. The maximum Gasteiger partial charge on any atom is 0.159 e. The molecule has 6 rings (SSSR count). The van der Waals surface area contributed by atoms with Crippen molar-refractivity contribution in [2.75, 3.05) is 23.3 Å². The highest BCUT2D eigenvalue weighted by Gasteiger charge is 2.19. The summed E-state index contributed by atoms with van der Waals surface area (Å²) in [5, 5.41) is 22.2. The number of benzene rings is 1. The molecule has 0 radical (unpaired) electrons. The molecule has 1 fully saturated rings. The third-order valence-corrected chi connectivity index (χ3v) is 7.09. The summed E-state index contributed by atoms with van der Waals surface area (Å²) < 4.78 is 0. The Morgan fingerprint density at radius 1 is 1.00 bits per heavy atom. The molecular formula is C28H32N8O. The molecule has 37 heavy (non-hydrogen) atoms. The van der Waals surface area contributed by atoms with E-state index < -0.39 is 6.23 Å². The lowest BCUT2D eigenvalue weighted by Gasteiger charge is -2.28. The van der Waals surface area contributed by atoms with Gasteiger partial charge in [-0.2, -0.15) is 5.10 Å². The van der Waals surface area contributed by atoms with E-state index in [1.807, 2.05) is 30.7 Å². The van der Waals surface area contributed by atoms with E-state index in [-0.39, 0.29) is 0 Å². The molecule has 5 heterocycles. The quantitative estimate of drug-likeness (QED) is 0.210. The third-order valence-electron chi connectivity index (χ3n) is 7.09. The molecule has 1 atom stereocenters. The summed E-state index contributed by atoms with van der Waals surface area (Å²) in [4.78, 5) is 19.7. The van der Waals surface area contributed by atoms with Crippen LogP contribution < -0.4 is 10.2 Å². The number of pyridine rings is 2. The minimum Gasteiger partial charge on any atom is -0.374 e. The van der Waals surface area contributed by atoms with E-state index in [0.29, 0.717) is 6.42 Å². The van der Waals surface area contributed by atoms with Gasteiger partial charge < -0.3 is 20.3 Å². The number of aliphatic hydroxyl groups excluding tert-OH is 1. The molecule has 1 aromatic carbocycles. The number of aliphatic hydroxyl groups is 1. The number of anilines is 2. The molecule has 190 valence electrons. The average Bonchev–Trinajstić information content (AvgIpc) is 3.56. The number of aromatic amines is 2. The summed E-state index contributed by atoms with van der Waals surface area (Å²) >= 11 is 0. The van der Waals surface area contributed by atoms with Crippen LogP contribution in [-0.2, 0) is 0 Å². The summed E-state index contributed by atoms with van der Waals surface area (Å²) in [5.74, 6) is 0.720. The maximum atomic E-state index is 10.3. The van der Waals surface area contributed by atoms with E-state index in [0.717, 1.165) is 81.9 Å². The standard InChI is InChI=1S/C28H32N8O/c1-2-3-7-25(37)31-20-12-19(14-29-15-20)18-8-9-22-21(13-18)26(35-34-22)28-32-23-16-30-17-24(27(23)33-28)36-10-5-4-6-11-36/h8-9,12-17,25,31,37H,2-7,10-11H2,1H3,(H,32,33)(H,34,35). The Bertz CT molecular complexity index is 1520. The molecule has 9 nitrogen and oxygen atoms in total. The van der Waals surface area contributed by atoms with Crippen molar-refractivity contribution in [1.82, 2.24) is 30.1 Å². The van der Waals surface area contributed by atoms with Crippen molar-refractivity contribution in [2.45, 2.75) is 51.7 Å². The zero-order valence-electron chi connectivity index (χ0n) is 21.0. The van der Waals surface area contributed by atoms with Crippen LogP contribution in [0.25, 0.3) is 44.6 Å². The topological polar surface area (TPSA) is 119 Å². The first-order valence-corrected chi connectivity index (χ1v) is 13.2. The highest BCUT2D eigenvalue weighted by Crippen LogP contribution is 2.33. The molecule has 1 aliphatic heterocycles. The van der Waals surface area contributed by atoms with E-state index in [2.05, 4.69) is 54.4 Å². The molecule has 4 aromatic heterocycles. The SMILES string of the molecule is CCCCC(O)Nc1cncc(-c2ccc3[nH]nc(-c4nc5c(N6CCCCC6)cncc5[nH]4)c3c2)c1. The minimum atomic E-state index is -0.586. The second-order valence-electron chi connectivity index (χ2n) is 9.79. The Morgan fingerprint density at radius 2 is 1.86 bits per heavy atom. The zero-order valence-corrected chi connectivity index (χ0v) is 21.0. The van der Waals surface area contributed by atoms with Crippen molar-refractivity contribution >= 4 is 33.3 Å². The van der Waals surface area contributed by atoms with Gasteiger partial charge in [0.15, 0.2) is 5.82 Å². The molecule has 4 N–H and O–H groups in total. The first kappa shape index (κ1) is 23.4. The van der Waals surface area contributed by atoms with Crippen LogP contribution in [0.15, 0.2) is 49.1 Å². The Balaban J connectivity index is 1.33. The molecule has 0 aliphatic carbocycles. The summed E-state index contributed by atoms with van der Waals surface area (Å²) in [5.41, 5.74) is 7.41. The Hall–Kier alpha value is -3.98. The lowest BCUT2D eigenvalue weighted by Crippen LogP contribution is -2.29. The monoisotopic (exact) mass is 496 g/mol. The second kappa shape index (κ2) is 10.2. The normalized spacial score (nSPS) is 14.9. The molecule has 0 amide bonds. The average molecular weight is 497 g/mol. The van der Waals surface area contributed by atoms with Gasteiger partial charge in [0, 0.05) is 30.2 Å². The Kier molecular flexibility index (Phi) is 6.44. The second-order valence-corrected chi connectivity index (χ2v) is 9.79. The lowest BCUT2D eigenvalue weighted by molar-refractivity contribution is 0.190. The van der Waals surface area contributed by atoms with Gasteiger partial charge in [0.05, 0.1) is 41.0 Å². The van der Waals surface area contributed by atoms with Crippen LogP contribution in [0.3, 0.4) is 0 Å². The van der Waals surface area contributed by atoms with Crippen molar-refractivity contribution in [1.29, 1.82) is 0 Å². The van der Waals surface area contributed by atoms with Crippen LogP contribution in [0.1, 0.15) is 45.4 Å². The summed E-state index contributed by atoms with van der Waals surface area (Å²) in [6.07, 6.45) is 13.1. The number of fused-ring (bicyclic) bond motifs is 2. The van der Waals surface area contributed by atoms with Gasteiger partial charge in [0.25, 0.3) is 0 Å². The molecule has 1 aliphatic rings. The molecule has 0 spiro atoms. The molecular weight excluding hydrogens is 464 g/mol. The van der Waals surface area contributed by atoms with Gasteiger partial charge in [0.1, 0.15) is 17.4 Å². The lowest BCUT2D eigenvalue weighted by atomic mass is 10.0. The number of nitrogens with one attached hydrogen (secondary N) is 3. The van der Waals surface area contributed by atoms with Crippen LogP contribution in [0.2, 0.25) is 0 Å². The third kappa shape index (κ3) is 4.74. The fourth-order valence-corrected chi connectivity index (χ4v) is 5.11. The van der Waals surface area contributed by atoms with E-state index >= 15 is 0 Å². The highest BCUT2D eigenvalue weighted by atomic mass is 16.3. The Labute approximate surface area is 215 Å². The van der Waals surface area contributed by atoms with Crippen LogP contribution in [0.4, 0.5) is 11.4 Å². The van der Waals surface area contributed by atoms with E-state index in [9.17, 15) is 5.11 Å². The largest absolute Gasteiger partial charge is 0.374 e. The maximum absolute atomic E-state index is 10.3. The number of nitrogens with zero attached hydrogens (tertiary/aromatic N) is 5. The van der Waals surface area contributed by atoms with Crippen LogP contribution in [-0.4, -0.2) is 54.6 Å². The van der Waals surface area contributed by atoms with Gasteiger partial charge in [-0.25, -0.2) is 4.98 Å². The number of hydrogen-bond acceptors (Lipinski definition) is 7. The molecule has 9 heteroatoms. The van der Waals surface area contributed by atoms with Crippen molar-refractivity contribution in [3.8, 4) is 22.6 Å². The number of hydrogen-bond donors (Lipinski definition) is 4. The van der Waals surface area contributed by atoms with Gasteiger partial charge in [-0.05, 0) is 55.9 Å². The smallest absolute Gasteiger partial charge is 0.159 e. The van der Waals surface area contributed by atoms with E-state index in [4.69, 9.17) is 4.98 Å². The molecule has 5 aromatic rings. The van der Waals surface area contributed by atoms with Crippen molar-refractivity contribution in [3.63, 3.8) is 0 Å². The molecule has 1 unspecified atom stereocenters. The van der Waals surface area contributed by atoms with Gasteiger partial charge in [-0.3, -0.25) is 15.1 Å². The fourth-order valence-electron chi connectivity index (χ4n) is 5.11. The van der Waals surface area contributed by atoms with Crippen LogP contribution in [0.5, 0.6) is 0 Å². The number of H-pyrrole nitrogens is 2. The zero-order chi connectivity index (χ0) is 25.2. The van der Waals surface area contributed by atoms with E-state index in [1.165, 1.54) is 19.3 Å². The van der Waals surface area contributed by atoms with Crippen molar-refractivity contribution < 1.29 is 5.11 Å². The number of piperidine rings is 1. The number of unbranched alkanes of at least 4 members (excludes halogenated alkanes) is 1. The van der Waals surface area contributed by atoms with E-state index in [1.54, 1.807) is 6.20 Å². The van der Waals surface area contributed by atoms with Crippen LogP contribution >= 0.6 is 0 Å². The van der Waals surface area contributed by atoms with Gasteiger partial charge in [-0.1, -0.05) is 19.4 Å². The fraction of sp³-hybridized carbons (Fsp3) is 0.357.